The van der Waals surface area contributed by atoms with Crippen molar-refractivity contribution in [2.75, 3.05) is 19.4 Å². The number of H-pyrrole nitrogens is 1. The normalized spacial score (nSPS) is 15.7. The summed E-state index contributed by atoms with van der Waals surface area (Å²) in [6.07, 6.45) is 3.44. The molecule has 0 aliphatic heterocycles. The number of Topliss-reactive ketones (excluding diaryl/α,β-unsaturated/α-hetero) is 1. The summed E-state index contributed by atoms with van der Waals surface area (Å²) in [5.74, 6) is -0.526. The van der Waals surface area contributed by atoms with Crippen molar-refractivity contribution in [3.8, 4) is 0 Å². The molecule has 1 heterocycles. The molecule has 2 aromatic rings. The summed E-state index contributed by atoms with van der Waals surface area (Å²) < 4.78 is 0. The summed E-state index contributed by atoms with van der Waals surface area (Å²) in [5, 5.41) is 5.89. The molecule has 34 heavy (non-hydrogen) atoms. The maximum Gasteiger partial charge on any atom is 0.268 e. The number of amides is 2. The van der Waals surface area contributed by atoms with Crippen LogP contribution in [0.2, 0.25) is 0 Å². The molecule has 0 spiro atoms. The van der Waals surface area contributed by atoms with Crippen LogP contribution in [0.25, 0.3) is 0 Å². The highest BCUT2D eigenvalue weighted by Gasteiger charge is 2.35. The number of unbranched alkanes of at least 4 members (excludes halogenated alkanes) is 1. The number of aromatic nitrogens is 1. The summed E-state index contributed by atoms with van der Waals surface area (Å²) in [7, 11) is 3.99. The lowest BCUT2D eigenvalue weighted by molar-refractivity contribution is -0.118. The quantitative estimate of drug-likeness (QED) is 0.508. The predicted octanol–water partition coefficient (Wildman–Crippen LogP) is 4.47. The van der Waals surface area contributed by atoms with Gasteiger partial charge in [-0.2, -0.15) is 0 Å². The van der Waals surface area contributed by atoms with Gasteiger partial charge in [-0.25, -0.2) is 0 Å². The second-order valence-electron chi connectivity index (χ2n) is 10.5. The number of hydrogen-bond acceptors (Lipinski definition) is 4. The van der Waals surface area contributed by atoms with Gasteiger partial charge in [0.2, 0.25) is 5.91 Å². The number of carbonyl (C=O) groups is 3. The van der Waals surface area contributed by atoms with Gasteiger partial charge < -0.3 is 20.5 Å². The predicted molar refractivity (Wildman–Crippen MR) is 135 cm³/mol. The molecule has 1 atom stereocenters. The molecule has 7 heteroatoms. The molecule has 1 unspecified atom stereocenters. The van der Waals surface area contributed by atoms with Crippen molar-refractivity contribution in [2.45, 2.75) is 72.4 Å². The lowest BCUT2D eigenvalue weighted by Gasteiger charge is -2.28. The molecule has 1 aromatic carbocycles. The van der Waals surface area contributed by atoms with E-state index in [9.17, 15) is 14.4 Å². The van der Waals surface area contributed by atoms with Gasteiger partial charge in [0.15, 0.2) is 5.78 Å². The number of benzene rings is 1. The molecule has 1 aliphatic rings. The van der Waals surface area contributed by atoms with Crippen molar-refractivity contribution >= 4 is 23.3 Å². The molecule has 0 radical (unpaired) electrons. The summed E-state index contributed by atoms with van der Waals surface area (Å²) in [6, 6.07) is 7.07. The third-order valence-electron chi connectivity index (χ3n) is 6.29. The third kappa shape index (κ3) is 6.14. The maximum atomic E-state index is 13.2. The first-order chi connectivity index (χ1) is 16.0. The Morgan fingerprint density at radius 3 is 2.62 bits per heavy atom. The second kappa shape index (κ2) is 10.6. The Balaban J connectivity index is 1.77. The first-order valence-corrected chi connectivity index (χ1v) is 12.1. The van der Waals surface area contributed by atoms with E-state index in [0.717, 1.165) is 30.6 Å². The third-order valence-corrected chi connectivity index (χ3v) is 6.29. The summed E-state index contributed by atoms with van der Waals surface area (Å²) in [6.45, 7) is 8.74. The molecule has 0 bridgehead atoms. The maximum absolute atomic E-state index is 13.2. The fourth-order valence-corrected chi connectivity index (χ4v) is 4.71. The van der Waals surface area contributed by atoms with Gasteiger partial charge in [0.1, 0.15) is 11.7 Å². The standard InChI is InChI=1S/C27H38N4O3/c1-7-8-12-20(25(33)28-19-11-9-10-18(13-19)16-31(5)6)30-26(34)24-17(2)23-21(29-24)14-27(3,4)15-22(23)32/h9-11,13,20,29H,7-8,12,14-16H2,1-6H3,(H,28,33)(H,30,34). The van der Waals surface area contributed by atoms with E-state index in [1.807, 2.05) is 38.4 Å². The smallest absolute Gasteiger partial charge is 0.268 e. The molecule has 7 nitrogen and oxygen atoms in total. The van der Waals surface area contributed by atoms with Crippen molar-refractivity contribution in [1.29, 1.82) is 0 Å². The van der Waals surface area contributed by atoms with Crippen molar-refractivity contribution < 1.29 is 14.4 Å². The van der Waals surface area contributed by atoms with E-state index in [2.05, 4.69) is 41.3 Å². The largest absolute Gasteiger partial charge is 0.354 e. The zero-order valence-electron chi connectivity index (χ0n) is 21.3. The van der Waals surface area contributed by atoms with Gasteiger partial charge in [0.05, 0.1) is 0 Å². The Bertz CT molecular complexity index is 1070. The Labute approximate surface area is 202 Å². The van der Waals surface area contributed by atoms with Crippen LogP contribution in [0.3, 0.4) is 0 Å². The van der Waals surface area contributed by atoms with Crippen molar-refractivity contribution in [2.24, 2.45) is 5.41 Å². The first-order valence-electron chi connectivity index (χ1n) is 12.1. The summed E-state index contributed by atoms with van der Waals surface area (Å²) in [5.41, 5.74) is 4.15. The van der Waals surface area contributed by atoms with Crippen LogP contribution in [0.1, 0.15) is 84.1 Å². The van der Waals surface area contributed by atoms with Crippen molar-refractivity contribution in [3.63, 3.8) is 0 Å². The van der Waals surface area contributed by atoms with Gasteiger partial charge in [-0.3, -0.25) is 14.4 Å². The van der Waals surface area contributed by atoms with Gasteiger partial charge in [0.25, 0.3) is 5.91 Å². The highest BCUT2D eigenvalue weighted by atomic mass is 16.2. The summed E-state index contributed by atoms with van der Waals surface area (Å²) >= 11 is 0. The lowest BCUT2D eigenvalue weighted by Crippen LogP contribution is -2.44. The Morgan fingerprint density at radius 2 is 1.94 bits per heavy atom. The van der Waals surface area contributed by atoms with Crippen molar-refractivity contribution in [1.82, 2.24) is 15.2 Å². The number of aromatic amines is 1. The van der Waals surface area contributed by atoms with E-state index in [4.69, 9.17) is 0 Å². The van der Waals surface area contributed by atoms with Crippen molar-refractivity contribution in [3.05, 3.63) is 52.3 Å². The van der Waals surface area contributed by atoms with E-state index < -0.39 is 6.04 Å². The minimum Gasteiger partial charge on any atom is -0.354 e. The second-order valence-corrected chi connectivity index (χ2v) is 10.5. The van der Waals surface area contributed by atoms with E-state index in [1.54, 1.807) is 6.92 Å². The number of fused-ring (bicyclic) bond motifs is 1. The van der Waals surface area contributed by atoms with Crippen LogP contribution in [0, 0.1) is 12.3 Å². The molecular formula is C27H38N4O3. The molecule has 184 valence electrons. The van der Waals surface area contributed by atoms with E-state index in [0.29, 0.717) is 41.8 Å². The van der Waals surface area contributed by atoms with Crippen LogP contribution >= 0.6 is 0 Å². The molecule has 1 aliphatic carbocycles. The number of ketones is 1. The van der Waals surface area contributed by atoms with Crippen LogP contribution < -0.4 is 10.6 Å². The van der Waals surface area contributed by atoms with Gasteiger partial charge in [-0.15, -0.1) is 0 Å². The number of anilines is 1. The molecular weight excluding hydrogens is 428 g/mol. The van der Waals surface area contributed by atoms with Crippen LogP contribution in [0.4, 0.5) is 5.69 Å². The Hall–Kier alpha value is -2.93. The van der Waals surface area contributed by atoms with Gasteiger partial charge >= 0.3 is 0 Å². The Morgan fingerprint density at radius 1 is 1.21 bits per heavy atom. The van der Waals surface area contributed by atoms with E-state index in [1.165, 1.54) is 0 Å². The Kier molecular flexibility index (Phi) is 7.97. The summed E-state index contributed by atoms with van der Waals surface area (Å²) in [4.78, 5) is 44.3. The van der Waals surface area contributed by atoms with E-state index in [-0.39, 0.29) is 23.0 Å². The van der Waals surface area contributed by atoms with Gasteiger partial charge in [0, 0.05) is 29.9 Å². The fourth-order valence-electron chi connectivity index (χ4n) is 4.71. The van der Waals surface area contributed by atoms with Crippen LogP contribution in [0.15, 0.2) is 24.3 Å². The zero-order valence-corrected chi connectivity index (χ0v) is 21.3. The number of nitrogens with one attached hydrogen (secondary N) is 3. The van der Waals surface area contributed by atoms with Crippen LogP contribution in [-0.4, -0.2) is 47.6 Å². The van der Waals surface area contributed by atoms with E-state index >= 15 is 0 Å². The molecule has 3 N–H and O–H groups in total. The monoisotopic (exact) mass is 466 g/mol. The van der Waals surface area contributed by atoms with Crippen LogP contribution in [-0.2, 0) is 17.8 Å². The van der Waals surface area contributed by atoms with Gasteiger partial charge in [-0.05, 0) is 62.5 Å². The minimum atomic E-state index is -0.670. The number of carbonyl (C=O) groups excluding carboxylic acids is 3. The molecule has 0 saturated carbocycles. The zero-order chi connectivity index (χ0) is 25.0. The first kappa shape index (κ1) is 25.7. The van der Waals surface area contributed by atoms with Gasteiger partial charge in [-0.1, -0.05) is 45.7 Å². The number of nitrogens with zero attached hydrogens (tertiary/aromatic N) is 1. The highest BCUT2D eigenvalue weighted by molar-refractivity contribution is 6.06. The molecule has 2 amide bonds. The lowest BCUT2D eigenvalue weighted by atomic mass is 9.75. The van der Waals surface area contributed by atoms with Crippen LogP contribution in [0.5, 0.6) is 0 Å². The molecule has 1 aromatic heterocycles. The average Bonchev–Trinajstić information content (AvgIpc) is 3.05. The number of rotatable bonds is 9. The highest BCUT2D eigenvalue weighted by Crippen LogP contribution is 2.36. The topological polar surface area (TPSA) is 94.3 Å². The number of hydrogen-bond donors (Lipinski definition) is 3. The molecule has 0 saturated heterocycles. The molecule has 0 fully saturated rings. The molecule has 3 rings (SSSR count). The SMILES string of the molecule is CCCCC(NC(=O)c1[nH]c2c(c1C)C(=O)CC(C)(C)C2)C(=O)Nc1cccc(CN(C)C)c1. The fraction of sp³-hybridized carbons (Fsp3) is 0.519. The minimum absolute atomic E-state index is 0.0666. The average molecular weight is 467 g/mol.